The molecule has 0 aliphatic heterocycles. The number of hydrogen-bond acceptors (Lipinski definition) is 4. The SMILES string of the molecule is Cc1ccc(C(NC2CC2)C(=O)Nc2ccc(N)c(C=N)c2)cc1. The number of aryl methyl sites for hydroxylation is 1. The molecule has 24 heavy (non-hydrogen) atoms. The van der Waals surface area contributed by atoms with Crippen LogP contribution in [-0.2, 0) is 4.79 Å². The van der Waals surface area contributed by atoms with E-state index >= 15 is 0 Å². The Morgan fingerprint density at radius 2 is 1.96 bits per heavy atom. The van der Waals surface area contributed by atoms with E-state index in [4.69, 9.17) is 11.1 Å². The van der Waals surface area contributed by atoms with E-state index in [1.54, 1.807) is 18.2 Å². The molecule has 1 aliphatic rings. The molecule has 0 bridgehead atoms. The van der Waals surface area contributed by atoms with E-state index in [2.05, 4.69) is 10.6 Å². The van der Waals surface area contributed by atoms with E-state index in [9.17, 15) is 4.79 Å². The van der Waals surface area contributed by atoms with Gasteiger partial charge < -0.3 is 16.5 Å². The molecule has 0 saturated heterocycles. The molecular formula is C19H22N4O. The van der Waals surface area contributed by atoms with Gasteiger partial charge in [0.25, 0.3) is 0 Å². The zero-order valence-corrected chi connectivity index (χ0v) is 13.7. The third kappa shape index (κ3) is 3.81. The van der Waals surface area contributed by atoms with Crippen LogP contribution in [0, 0.1) is 12.3 Å². The topological polar surface area (TPSA) is 91.0 Å². The average molecular weight is 322 g/mol. The first kappa shape index (κ1) is 16.2. The molecule has 1 unspecified atom stereocenters. The van der Waals surface area contributed by atoms with Gasteiger partial charge in [-0.3, -0.25) is 10.1 Å². The van der Waals surface area contributed by atoms with Gasteiger partial charge in [-0.05, 0) is 43.5 Å². The third-order valence-corrected chi connectivity index (χ3v) is 4.16. The van der Waals surface area contributed by atoms with E-state index in [0.29, 0.717) is 23.0 Å². The fourth-order valence-corrected chi connectivity index (χ4v) is 2.56. The predicted octanol–water partition coefficient (Wildman–Crippen LogP) is 3.01. The van der Waals surface area contributed by atoms with E-state index in [-0.39, 0.29) is 11.9 Å². The Morgan fingerprint density at radius 1 is 1.25 bits per heavy atom. The molecule has 1 atom stereocenters. The molecule has 0 spiro atoms. The average Bonchev–Trinajstić information content (AvgIpc) is 3.39. The van der Waals surface area contributed by atoms with E-state index in [1.165, 1.54) is 11.8 Å². The molecule has 1 saturated carbocycles. The minimum Gasteiger partial charge on any atom is -0.398 e. The van der Waals surface area contributed by atoms with Gasteiger partial charge in [0.05, 0.1) is 0 Å². The summed E-state index contributed by atoms with van der Waals surface area (Å²) >= 11 is 0. The number of amides is 1. The molecule has 5 N–H and O–H groups in total. The first-order valence-electron chi connectivity index (χ1n) is 8.10. The fourth-order valence-electron chi connectivity index (χ4n) is 2.56. The Kier molecular flexibility index (Phi) is 4.62. The highest BCUT2D eigenvalue weighted by molar-refractivity contribution is 5.97. The molecule has 5 heteroatoms. The van der Waals surface area contributed by atoms with Crippen molar-refractivity contribution in [1.29, 1.82) is 5.41 Å². The lowest BCUT2D eigenvalue weighted by Gasteiger charge is -2.19. The number of carbonyl (C=O) groups is 1. The summed E-state index contributed by atoms with van der Waals surface area (Å²) in [6.07, 6.45) is 3.40. The van der Waals surface area contributed by atoms with Crippen LogP contribution in [-0.4, -0.2) is 18.2 Å². The van der Waals surface area contributed by atoms with Crippen molar-refractivity contribution in [3.63, 3.8) is 0 Å². The number of nitrogen functional groups attached to an aromatic ring is 1. The summed E-state index contributed by atoms with van der Waals surface area (Å²) in [6.45, 7) is 2.03. The van der Waals surface area contributed by atoms with Gasteiger partial charge in [0.15, 0.2) is 0 Å². The molecule has 1 amide bonds. The van der Waals surface area contributed by atoms with Crippen LogP contribution in [0.3, 0.4) is 0 Å². The third-order valence-electron chi connectivity index (χ3n) is 4.16. The highest BCUT2D eigenvalue weighted by Gasteiger charge is 2.29. The summed E-state index contributed by atoms with van der Waals surface area (Å²) in [5, 5.41) is 13.7. The van der Waals surface area contributed by atoms with Crippen molar-refractivity contribution < 1.29 is 4.79 Å². The van der Waals surface area contributed by atoms with Crippen LogP contribution < -0.4 is 16.4 Å². The summed E-state index contributed by atoms with van der Waals surface area (Å²) in [4.78, 5) is 12.8. The minimum atomic E-state index is -0.390. The van der Waals surface area contributed by atoms with Gasteiger partial charge in [0.2, 0.25) is 5.91 Å². The van der Waals surface area contributed by atoms with Crippen molar-refractivity contribution in [2.45, 2.75) is 31.8 Å². The van der Waals surface area contributed by atoms with Crippen molar-refractivity contribution in [2.75, 3.05) is 11.1 Å². The molecule has 1 aliphatic carbocycles. The van der Waals surface area contributed by atoms with Crippen LogP contribution in [0.2, 0.25) is 0 Å². The molecule has 2 aromatic carbocycles. The smallest absolute Gasteiger partial charge is 0.246 e. The van der Waals surface area contributed by atoms with Crippen molar-refractivity contribution in [2.24, 2.45) is 0 Å². The second kappa shape index (κ2) is 6.84. The zero-order chi connectivity index (χ0) is 17.1. The molecule has 0 radical (unpaired) electrons. The summed E-state index contributed by atoms with van der Waals surface area (Å²) in [5.41, 5.74) is 9.67. The van der Waals surface area contributed by atoms with Gasteiger partial charge in [-0.15, -0.1) is 0 Å². The number of benzene rings is 2. The van der Waals surface area contributed by atoms with Crippen molar-refractivity contribution in [3.8, 4) is 0 Å². The molecule has 0 aromatic heterocycles. The van der Waals surface area contributed by atoms with E-state index < -0.39 is 0 Å². The van der Waals surface area contributed by atoms with E-state index in [0.717, 1.165) is 18.4 Å². The summed E-state index contributed by atoms with van der Waals surface area (Å²) < 4.78 is 0. The van der Waals surface area contributed by atoms with Gasteiger partial charge in [-0.25, -0.2) is 0 Å². The lowest BCUT2D eigenvalue weighted by atomic mass is 10.0. The number of rotatable bonds is 6. The zero-order valence-electron chi connectivity index (χ0n) is 13.7. The molecule has 3 rings (SSSR count). The highest BCUT2D eigenvalue weighted by Crippen LogP contribution is 2.26. The Balaban J connectivity index is 1.80. The van der Waals surface area contributed by atoms with Crippen LogP contribution in [0.5, 0.6) is 0 Å². The first-order valence-corrected chi connectivity index (χ1v) is 8.10. The second-order valence-electron chi connectivity index (χ2n) is 6.26. The Labute approximate surface area is 141 Å². The predicted molar refractivity (Wildman–Crippen MR) is 97.4 cm³/mol. The normalized spacial score (nSPS) is 14.9. The summed E-state index contributed by atoms with van der Waals surface area (Å²) in [5.74, 6) is -0.105. The Bertz CT molecular complexity index is 750. The van der Waals surface area contributed by atoms with Crippen LogP contribution >= 0.6 is 0 Å². The quantitative estimate of drug-likeness (QED) is 0.487. The summed E-state index contributed by atoms with van der Waals surface area (Å²) in [7, 11) is 0. The lowest BCUT2D eigenvalue weighted by molar-refractivity contribution is -0.118. The maximum atomic E-state index is 12.8. The van der Waals surface area contributed by atoms with Gasteiger partial charge in [-0.2, -0.15) is 0 Å². The molecule has 5 nitrogen and oxygen atoms in total. The minimum absolute atomic E-state index is 0.105. The lowest BCUT2D eigenvalue weighted by Crippen LogP contribution is -2.34. The number of carbonyl (C=O) groups excluding carboxylic acids is 1. The molecule has 124 valence electrons. The molecule has 0 heterocycles. The van der Waals surface area contributed by atoms with Gasteiger partial charge >= 0.3 is 0 Å². The number of nitrogens with two attached hydrogens (primary N) is 1. The Morgan fingerprint density at radius 3 is 2.58 bits per heavy atom. The largest absolute Gasteiger partial charge is 0.398 e. The van der Waals surface area contributed by atoms with Crippen molar-refractivity contribution in [3.05, 3.63) is 59.2 Å². The number of hydrogen-bond donors (Lipinski definition) is 4. The number of nitrogens with one attached hydrogen (secondary N) is 3. The monoisotopic (exact) mass is 322 g/mol. The molecule has 1 fully saturated rings. The van der Waals surface area contributed by atoms with Crippen molar-refractivity contribution >= 4 is 23.5 Å². The van der Waals surface area contributed by atoms with Crippen LogP contribution in [0.25, 0.3) is 0 Å². The highest BCUT2D eigenvalue weighted by atomic mass is 16.2. The fraction of sp³-hybridized carbons (Fsp3) is 0.263. The standard InChI is InChI=1S/C19H22N4O/c1-12-2-4-13(5-3-12)18(22-15-6-7-15)19(24)23-16-8-9-17(21)14(10-16)11-20/h2-5,8-11,15,18,20,22H,6-7,21H2,1H3,(H,23,24). The maximum Gasteiger partial charge on any atom is 0.246 e. The van der Waals surface area contributed by atoms with Crippen molar-refractivity contribution in [1.82, 2.24) is 5.32 Å². The van der Waals surface area contributed by atoms with Gasteiger partial charge in [0, 0.05) is 29.2 Å². The maximum absolute atomic E-state index is 12.8. The summed E-state index contributed by atoms with van der Waals surface area (Å²) in [6, 6.07) is 13.2. The van der Waals surface area contributed by atoms with E-state index in [1.807, 2.05) is 31.2 Å². The van der Waals surface area contributed by atoms with Gasteiger partial charge in [-0.1, -0.05) is 29.8 Å². The van der Waals surface area contributed by atoms with Gasteiger partial charge in [0.1, 0.15) is 6.04 Å². The van der Waals surface area contributed by atoms with Crippen LogP contribution in [0.1, 0.15) is 35.6 Å². The molecular weight excluding hydrogens is 300 g/mol. The second-order valence-corrected chi connectivity index (χ2v) is 6.26. The van der Waals surface area contributed by atoms with Crippen LogP contribution in [0.4, 0.5) is 11.4 Å². The van der Waals surface area contributed by atoms with Crippen LogP contribution in [0.15, 0.2) is 42.5 Å². The Hall–Kier alpha value is -2.66. The first-order chi connectivity index (χ1) is 11.6. The number of anilines is 2. The molecule has 2 aromatic rings.